The van der Waals surface area contributed by atoms with E-state index in [0.29, 0.717) is 22.4 Å². The molecule has 0 unspecified atom stereocenters. The Kier molecular flexibility index (Phi) is 6.51. The number of thioether (sulfide) groups is 1. The third-order valence-electron chi connectivity index (χ3n) is 5.02. The van der Waals surface area contributed by atoms with Crippen LogP contribution in [0.25, 0.3) is 17.1 Å². The monoisotopic (exact) mass is 445 g/mol. The Hall–Kier alpha value is -3.65. The molecule has 1 N–H and O–H groups in total. The lowest BCUT2D eigenvalue weighted by Crippen LogP contribution is -2.15. The number of hydrogen-bond acceptors (Lipinski definition) is 6. The van der Waals surface area contributed by atoms with Crippen molar-refractivity contribution >= 4 is 23.4 Å². The molecule has 0 aliphatic heterocycles. The largest absolute Gasteiger partial charge is 0.495 e. The van der Waals surface area contributed by atoms with Gasteiger partial charge in [-0.3, -0.25) is 14.3 Å². The fourth-order valence-corrected chi connectivity index (χ4v) is 3.96. The molecule has 0 aliphatic rings. The molecule has 2 aromatic carbocycles. The van der Waals surface area contributed by atoms with Gasteiger partial charge in [-0.15, -0.1) is 10.2 Å². The Balaban J connectivity index is 1.62. The van der Waals surface area contributed by atoms with E-state index in [2.05, 4.69) is 46.5 Å². The molecule has 32 heavy (non-hydrogen) atoms. The highest BCUT2D eigenvalue weighted by Gasteiger charge is 2.18. The minimum absolute atomic E-state index is 0.155. The summed E-state index contributed by atoms with van der Waals surface area (Å²) >= 11 is 1.32. The predicted molar refractivity (Wildman–Crippen MR) is 126 cm³/mol. The van der Waals surface area contributed by atoms with E-state index in [1.165, 1.54) is 22.9 Å². The summed E-state index contributed by atoms with van der Waals surface area (Å²) in [6.45, 7) is 4.14. The number of carbonyl (C=O) groups is 1. The van der Waals surface area contributed by atoms with E-state index in [4.69, 9.17) is 4.74 Å². The number of ether oxygens (including phenoxy) is 1. The lowest BCUT2D eigenvalue weighted by atomic mass is 10.1. The van der Waals surface area contributed by atoms with E-state index in [1.54, 1.807) is 31.6 Å². The zero-order chi connectivity index (χ0) is 22.5. The number of benzene rings is 2. The van der Waals surface area contributed by atoms with Crippen LogP contribution in [-0.2, 0) is 4.79 Å². The summed E-state index contributed by atoms with van der Waals surface area (Å²) in [5, 5.41) is 12.3. The third-order valence-corrected chi connectivity index (χ3v) is 5.94. The van der Waals surface area contributed by atoms with Crippen molar-refractivity contribution in [2.24, 2.45) is 0 Å². The number of pyridine rings is 1. The molecular weight excluding hydrogens is 422 g/mol. The number of anilines is 1. The van der Waals surface area contributed by atoms with E-state index >= 15 is 0 Å². The summed E-state index contributed by atoms with van der Waals surface area (Å²) in [6, 6.07) is 17.3. The van der Waals surface area contributed by atoms with E-state index in [9.17, 15) is 4.79 Å². The molecule has 0 bridgehead atoms. The molecule has 0 fully saturated rings. The first kappa shape index (κ1) is 21.6. The highest BCUT2D eigenvalue weighted by Crippen LogP contribution is 2.29. The molecule has 2 aromatic heterocycles. The molecule has 162 valence electrons. The fraction of sp³-hybridized carbons (Fsp3) is 0.167. The molecular formula is C24H23N5O2S. The average Bonchev–Trinajstić information content (AvgIpc) is 3.24. The van der Waals surface area contributed by atoms with Crippen LogP contribution in [-0.4, -0.2) is 38.5 Å². The summed E-state index contributed by atoms with van der Waals surface area (Å²) < 4.78 is 7.27. The third kappa shape index (κ3) is 4.65. The second kappa shape index (κ2) is 9.65. The SMILES string of the molecule is COc1ccccc1NC(=O)CSc1nnc(-c2cccnc2)n1-c1ccc(C)c(C)c1. The van der Waals surface area contributed by atoms with Crippen molar-refractivity contribution in [3.05, 3.63) is 78.1 Å². The van der Waals surface area contributed by atoms with Crippen LogP contribution >= 0.6 is 11.8 Å². The Morgan fingerprint density at radius 1 is 1.06 bits per heavy atom. The fourth-order valence-electron chi connectivity index (χ4n) is 3.21. The lowest BCUT2D eigenvalue weighted by molar-refractivity contribution is -0.113. The van der Waals surface area contributed by atoms with Crippen LogP contribution in [0, 0.1) is 13.8 Å². The molecule has 0 radical (unpaired) electrons. The molecule has 0 saturated carbocycles. The molecule has 4 aromatic rings. The number of nitrogens with one attached hydrogen (secondary N) is 1. The van der Waals surface area contributed by atoms with E-state index < -0.39 is 0 Å². The average molecular weight is 446 g/mol. The van der Waals surface area contributed by atoms with E-state index in [0.717, 1.165) is 11.3 Å². The maximum atomic E-state index is 12.6. The van der Waals surface area contributed by atoms with E-state index in [1.807, 2.05) is 34.9 Å². The number of amides is 1. The number of nitrogens with zero attached hydrogens (tertiary/aromatic N) is 4. The van der Waals surface area contributed by atoms with Crippen LogP contribution in [0.3, 0.4) is 0 Å². The summed E-state index contributed by atoms with van der Waals surface area (Å²) in [5.41, 5.74) is 4.79. The van der Waals surface area contributed by atoms with Crippen molar-refractivity contribution in [1.82, 2.24) is 19.7 Å². The second-order valence-corrected chi connectivity index (χ2v) is 8.13. The first-order chi connectivity index (χ1) is 15.6. The van der Waals surface area contributed by atoms with Crippen LogP contribution in [0.1, 0.15) is 11.1 Å². The van der Waals surface area contributed by atoms with E-state index in [-0.39, 0.29) is 11.7 Å². The van der Waals surface area contributed by atoms with Crippen molar-refractivity contribution in [3.63, 3.8) is 0 Å². The van der Waals surface area contributed by atoms with Crippen molar-refractivity contribution in [3.8, 4) is 22.8 Å². The van der Waals surface area contributed by atoms with Gasteiger partial charge in [0.05, 0.1) is 24.2 Å². The molecule has 0 spiro atoms. The minimum Gasteiger partial charge on any atom is -0.495 e. The number of methoxy groups -OCH3 is 1. The topological polar surface area (TPSA) is 81.9 Å². The summed E-state index contributed by atoms with van der Waals surface area (Å²) in [7, 11) is 1.58. The van der Waals surface area contributed by atoms with Gasteiger partial charge in [-0.25, -0.2) is 0 Å². The molecule has 0 saturated heterocycles. The van der Waals surface area contributed by atoms with Crippen LogP contribution in [0.15, 0.2) is 72.1 Å². The Morgan fingerprint density at radius 2 is 1.91 bits per heavy atom. The van der Waals surface area contributed by atoms with Gasteiger partial charge in [0.2, 0.25) is 5.91 Å². The van der Waals surface area contributed by atoms with Crippen LogP contribution in [0.5, 0.6) is 5.75 Å². The summed E-state index contributed by atoms with van der Waals surface area (Å²) in [5.74, 6) is 1.31. The summed E-state index contributed by atoms with van der Waals surface area (Å²) in [4.78, 5) is 16.8. The van der Waals surface area contributed by atoms with Gasteiger partial charge < -0.3 is 10.1 Å². The molecule has 4 rings (SSSR count). The van der Waals surface area contributed by atoms with Gasteiger partial charge in [-0.05, 0) is 61.4 Å². The summed E-state index contributed by atoms with van der Waals surface area (Å²) in [6.07, 6.45) is 3.47. The van der Waals surface area contributed by atoms with Crippen LogP contribution in [0.4, 0.5) is 5.69 Å². The minimum atomic E-state index is -0.155. The molecule has 0 atom stereocenters. The molecule has 7 nitrogen and oxygen atoms in total. The van der Waals surface area contributed by atoms with Crippen molar-refractivity contribution in [1.29, 1.82) is 0 Å². The maximum Gasteiger partial charge on any atom is 0.234 e. The molecule has 0 aliphatic carbocycles. The van der Waals surface area contributed by atoms with Gasteiger partial charge in [0.1, 0.15) is 5.75 Å². The zero-order valence-corrected chi connectivity index (χ0v) is 18.9. The van der Waals surface area contributed by atoms with Gasteiger partial charge in [-0.2, -0.15) is 0 Å². The zero-order valence-electron chi connectivity index (χ0n) is 18.1. The number of aryl methyl sites for hydroxylation is 2. The number of hydrogen-bond donors (Lipinski definition) is 1. The van der Waals surface area contributed by atoms with Crippen molar-refractivity contribution < 1.29 is 9.53 Å². The number of aromatic nitrogens is 4. The number of carbonyl (C=O) groups excluding carboxylic acids is 1. The second-order valence-electron chi connectivity index (χ2n) is 7.19. The maximum absolute atomic E-state index is 12.6. The van der Waals surface area contributed by atoms with Gasteiger partial charge >= 0.3 is 0 Å². The van der Waals surface area contributed by atoms with Gasteiger partial charge in [-0.1, -0.05) is 30.0 Å². The quantitative estimate of drug-likeness (QED) is 0.416. The van der Waals surface area contributed by atoms with Crippen LogP contribution in [0.2, 0.25) is 0 Å². The Labute approximate surface area is 190 Å². The molecule has 8 heteroatoms. The Bertz CT molecular complexity index is 1240. The standard InChI is InChI=1S/C24H23N5O2S/c1-16-10-11-19(13-17(16)2)29-23(18-7-6-12-25-14-18)27-28-24(29)32-15-22(30)26-20-8-4-5-9-21(20)31-3/h4-14H,15H2,1-3H3,(H,26,30). The van der Waals surface area contributed by atoms with Gasteiger partial charge in [0, 0.05) is 18.0 Å². The highest BCUT2D eigenvalue weighted by molar-refractivity contribution is 7.99. The lowest BCUT2D eigenvalue weighted by Gasteiger charge is -2.12. The van der Waals surface area contributed by atoms with Gasteiger partial charge in [0.15, 0.2) is 11.0 Å². The molecule has 2 heterocycles. The Morgan fingerprint density at radius 3 is 2.66 bits per heavy atom. The van der Waals surface area contributed by atoms with Crippen LogP contribution < -0.4 is 10.1 Å². The number of rotatable bonds is 7. The molecule has 1 amide bonds. The van der Waals surface area contributed by atoms with Crippen molar-refractivity contribution in [2.75, 3.05) is 18.2 Å². The highest BCUT2D eigenvalue weighted by atomic mass is 32.2. The van der Waals surface area contributed by atoms with Gasteiger partial charge in [0.25, 0.3) is 0 Å². The normalized spacial score (nSPS) is 10.7. The van der Waals surface area contributed by atoms with Crippen molar-refractivity contribution in [2.45, 2.75) is 19.0 Å². The predicted octanol–water partition coefficient (Wildman–Crippen LogP) is 4.69. The first-order valence-electron chi connectivity index (χ1n) is 10.1. The first-order valence-corrected chi connectivity index (χ1v) is 11.0. The number of para-hydroxylation sites is 2. The smallest absolute Gasteiger partial charge is 0.234 e.